The molecule has 1 aromatic rings. The Morgan fingerprint density at radius 3 is 2.44 bits per heavy atom. The van der Waals surface area contributed by atoms with Crippen LogP contribution in [0.4, 0.5) is 0 Å². The molecule has 1 heterocycles. The molecule has 0 saturated carbocycles. The van der Waals surface area contributed by atoms with Crippen molar-refractivity contribution >= 4 is 0 Å². The van der Waals surface area contributed by atoms with E-state index < -0.39 is 6.10 Å². The van der Waals surface area contributed by atoms with Crippen LogP contribution in [0, 0.1) is 13.8 Å². The first-order valence-corrected chi connectivity index (χ1v) is 6.76. The van der Waals surface area contributed by atoms with Gasteiger partial charge in [-0.2, -0.15) is 0 Å². The van der Waals surface area contributed by atoms with Crippen molar-refractivity contribution in [1.82, 2.24) is 4.90 Å². The van der Waals surface area contributed by atoms with E-state index in [2.05, 4.69) is 4.90 Å². The van der Waals surface area contributed by atoms with Gasteiger partial charge in [0.25, 0.3) is 0 Å². The molecule has 1 N–H and O–H groups in total. The third-order valence-electron chi connectivity index (χ3n) is 3.50. The lowest BCUT2D eigenvalue weighted by Gasteiger charge is -2.20. The van der Waals surface area contributed by atoms with Gasteiger partial charge in [-0.05, 0) is 50.9 Å². The van der Waals surface area contributed by atoms with Gasteiger partial charge in [-0.25, -0.2) is 0 Å². The van der Waals surface area contributed by atoms with Gasteiger partial charge < -0.3 is 14.7 Å². The van der Waals surface area contributed by atoms with Crippen LogP contribution >= 0.6 is 0 Å². The van der Waals surface area contributed by atoms with E-state index in [1.54, 1.807) is 0 Å². The van der Waals surface area contributed by atoms with Crippen molar-refractivity contribution in [2.75, 3.05) is 26.2 Å². The van der Waals surface area contributed by atoms with Crippen molar-refractivity contribution in [3.05, 3.63) is 29.3 Å². The smallest absolute Gasteiger partial charge is 0.125 e. The molecule has 2 rings (SSSR count). The molecule has 100 valence electrons. The maximum atomic E-state index is 9.99. The minimum Gasteiger partial charge on any atom is -0.490 e. The SMILES string of the molecule is Cc1cccc(C)c1OCC(O)CN1CCCC1. The van der Waals surface area contributed by atoms with Crippen LogP contribution < -0.4 is 4.74 Å². The molecule has 0 spiro atoms. The molecule has 18 heavy (non-hydrogen) atoms. The zero-order chi connectivity index (χ0) is 13.0. The second-order valence-electron chi connectivity index (χ2n) is 5.19. The van der Waals surface area contributed by atoms with Crippen molar-refractivity contribution in [2.45, 2.75) is 32.8 Å². The van der Waals surface area contributed by atoms with Crippen LogP contribution in [0.25, 0.3) is 0 Å². The molecule has 0 aliphatic carbocycles. The minimum atomic E-state index is -0.401. The molecule has 0 bridgehead atoms. The zero-order valence-corrected chi connectivity index (χ0v) is 11.4. The molecule has 1 atom stereocenters. The Morgan fingerprint density at radius 2 is 1.83 bits per heavy atom. The predicted molar refractivity (Wildman–Crippen MR) is 73.1 cm³/mol. The second-order valence-corrected chi connectivity index (χ2v) is 5.19. The summed E-state index contributed by atoms with van der Waals surface area (Å²) in [5.41, 5.74) is 2.26. The lowest BCUT2D eigenvalue weighted by atomic mass is 10.1. The number of rotatable bonds is 5. The number of hydrogen-bond acceptors (Lipinski definition) is 3. The number of aliphatic hydroxyl groups excluding tert-OH is 1. The number of aryl methyl sites for hydroxylation is 2. The zero-order valence-electron chi connectivity index (χ0n) is 11.4. The van der Waals surface area contributed by atoms with E-state index in [-0.39, 0.29) is 0 Å². The van der Waals surface area contributed by atoms with Crippen LogP contribution in [0.15, 0.2) is 18.2 Å². The number of nitrogens with zero attached hydrogens (tertiary/aromatic N) is 1. The van der Waals surface area contributed by atoms with Gasteiger partial charge in [0.05, 0.1) is 0 Å². The maximum Gasteiger partial charge on any atom is 0.125 e. The number of likely N-dealkylation sites (tertiary alicyclic amines) is 1. The van der Waals surface area contributed by atoms with Gasteiger partial charge in [-0.1, -0.05) is 18.2 Å². The molecule has 1 saturated heterocycles. The van der Waals surface area contributed by atoms with E-state index in [4.69, 9.17) is 4.74 Å². The van der Waals surface area contributed by atoms with Crippen LogP contribution in [0.1, 0.15) is 24.0 Å². The van der Waals surface area contributed by atoms with Gasteiger partial charge in [0.15, 0.2) is 0 Å². The molecule has 0 amide bonds. The maximum absolute atomic E-state index is 9.99. The first-order chi connectivity index (χ1) is 8.66. The van der Waals surface area contributed by atoms with Crippen molar-refractivity contribution in [2.24, 2.45) is 0 Å². The van der Waals surface area contributed by atoms with Crippen LogP contribution in [-0.4, -0.2) is 42.4 Å². The van der Waals surface area contributed by atoms with Gasteiger partial charge in [0.2, 0.25) is 0 Å². The van der Waals surface area contributed by atoms with Gasteiger partial charge >= 0.3 is 0 Å². The highest BCUT2D eigenvalue weighted by Crippen LogP contribution is 2.22. The van der Waals surface area contributed by atoms with E-state index >= 15 is 0 Å². The fraction of sp³-hybridized carbons (Fsp3) is 0.600. The number of hydrogen-bond donors (Lipinski definition) is 1. The lowest BCUT2D eigenvalue weighted by Crippen LogP contribution is -2.33. The average Bonchev–Trinajstić information content (AvgIpc) is 2.81. The largest absolute Gasteiger partial charge is 0.490 e. The van der Waals surface area contributed by atoms with Crippen LogP contribution in [0.3, 0.4) is 0 Å². The molecule has 3 heteroatoms. The van der Waals surface area contributed by atoms with Crippen molar-refractivity contribution in [3.8, 4) is 5.75 Å². The third-order valence-corrected chi connectivity index (χ3v) is 3.50. The predicted octanol–water partition coefficient (Wildman–Crippen LogP) is 2.14. The summed E-state index contributed by atoms with van der Waals surface area (Å²) >= 11 is 0. The number of para-hydroxylation sites is 1. The average molecular weight is 249 g/mol. The van der Waals surface area contributed by atoms with Gasteiger partial charge in [-0.3, -0.25) is 0 Å². The molecule has 1 aromatic carbocycles. The van der Waals surface area contributed by atoms with Crippen molar-refractivity contribution in [1.29, 1.82) is 0 Å². The van der Waals surface area contributed by atoms with Crippen LogP contribution in [-0.2, 0) is 0 Å². The summed E-state index contributed by atoms with van der Waals surface area (Å²) < 4.78 is 5.76. The molecule has 3 nitrogen and oxygen atoms in total. The summed E-state index contributed by atoms with van der Waals surface area (Å²) in [7, 11) is 0. The highest BCUT2D eigenvalue weighted by Gasteiger charge is 2.16. The summed E-state index contributed by atoms with van der Waals surface area (Å²) in [6.07, 6.45) is 2.11. The minimum absolute atomic E-state index is 0.377. The van der Waals surface area contributed by atoms with E-state index in [9.17, 15) is 5.11 Å². The fourth-order valence-corrected chi connectivity index (χ4v) is 2.52. The number of benzene rings is 1. The summed E-state index contributed by atoms with van der Waals surface area (Å²) in [5, 5.41) is 9.99. The second kappa shape index (κ2) is 6.21. The first-order valence-electron chi connectivity index (χ1n) is 6.76. The Balaban J connectivity index is 1.83. The molecule has 1 unspecified atom stereocenters. The van der Waals surface area contributed by atoms with Gasteiger partial charge in [-0.15, -0.1) is 0 Å². The molecule has 1 aliphatic rings. The summed E-state index contributed by atoms with van der Waals surface area (Å²) in [4.78, 5) is 2.30. The fourth-order valence-electron chi connectivity index (χ4n) is 2.52. The Morgan fingerprint density at radius 1 is 1.22 bits per heavy atom. The molecule has 1 aliphatic heterocycles. The van der Waals surface area contributed by atoms with E-state index in [0.717, 1.165) is 36.5 Å². The quantitative estimate of drug-likeness (QED) is 0.868. The molecular weight excluding hydrogens is 226 g/mol. The standard InChI is InChI=1S/C15H23NO2/c1-12-6-5-7-13(2)15(12)18-11-14(17)10-16-8-3-4-9-16/h5-7,14,17H,3-4,8-11H2,1-2H3. The normalized spacial score (nSPS) is 17.9. The molecular formula is C15H23NO2. The molecule has 1 fully saturated rings. The number of β-amino-alcohol motifs (C(OH)–C–C–N with tert-alkyl or cyclic N) is 1. The number of ether oxygens (including phenoxy) is 1. The summed E-state index contributed by atoms with van der Waals surface area (Å²) in [5.74, 6) is 0.915. The van der Waals surface area contributed by atoms with Gasteiger partial charge in [0, 0.05) is 6.54 Å². The van der Waals surface area contributed by atoms with Gasteiger partial charge in [0.1, 0.15) is 18.5 Å². The van der Waals surface area contributed by atoms with E-state index in [1.807, 2.05) is 32.0 Å². The van der Waals surface area contributed by atoms with Crippen LogP contribution in [0.5, 0.6) is 5.75 Å². The third kappa shape index (κ3) is 3.47. The van der Waals surface area contributed by atoms with Crippen molar-refractivity contribution < 1.29 is 9.84 Å². The Kier molecular flexibility index (Phi) is 4.61. The highest BCUT2D eigenvalue weighted by atomic mass is 16.5. The highest BCUT2D eigenvalue weighted by molar-refractivity contribution is 5.39. The lowest BCUT2D eigenvalue weighted by molar-refractivity contribution is 0.0753. The van der Waals surface area contributed by atoms with E-state index in [1.165, 1.54) is 12.8 Å². The Labute approximate surface area is 109 Å². The summed E-state index contributed by atoms with van der Waals surface area (Å²) in [6.45, 7) is 7.40. The van der Waals surface area contributed by atoms with Crippen LogP contribution in [0.2, 0.25) is 0 Å². The number of aliphatic hydroxyl groups is 1. The summed E-state index contributed by atoms with van der Waals surface area (Å²) in [6, 6.07) is 6.10. The molecule has 0 radical (unpaired) electrons. The Hall–Kier alpha value is -1.06. The Bertz CT molecular complexity index is 366. The van der Waals surface area contributed by atoms with E-state index in [0.29, 0.717) is 6.61 Å². The topological polar surface area (TPSA) is 32.7 Å². The first kappa shape index (κ1) is 13.4. The van der Waals surface area contributed by atoms with Crippen molar-refractivity contribution in [3.63, 3.8) is 0 Å². The monoisotopic (exact) mass is 249 g/mol. The molecule has 0 aromatic heterocycles.